The molecule has 0 bridgehead atoms. The maximum Gasteiger partial charge on any atom is 0.271 e. The molecule has 176 valence electrons. The lowest BCUT2D eigenvalue weighted by molar-refractivity contribution is -0.118. The third-order valence-corrected chi connectivity index (χ3v) is 4.82. The molecule has 34 heavy (non-hydrogen) atoms. The third kappa shape index (κ3) is 6.98. The molecule has 0 aliphatic carbocycles. The van der Waals surface area contributed by atoms with Crippen LogP contribution in [0.2, 0.25) is 5.02 Å². The van der Waals surface area contributed by atoms with E-state index in [4.69, 9.17) is 25.8 Å². The van der Waals surface area contributed by atoms with E-state index in [1.54, 1.807) is 66.7 Å². The van der Waals surface area contributed by atoms with Crippen LogP contribution in [0.15, 0.2) is 71.8 Å². The number of hydrogen-bond donors (Lipinski definition) is 2. The van der Waals surface area contributed by atoms with Crippen molar-refractivity contribution in [2.75, 3.05) is 25.6 Å². The van der Waals surface area contributed by atoms with E-state index in [9.17, 15) is 9.59 Å². The molecule has 8 nitrogen and oxygen atoms in total. The first-order valence-corrected chi connectivity index (χ1v) is 10.8. The van der Waals surface area contributed by atoms with Crippen molar-refractivity contribution in [3.05, 3.63) is 82.9 Å². The van der Waals surface area contributed by atoms with Gasteiger partial charge in [-0.25, -0.2) is 5.43 Å². The number of ether oxygens (including phenoxy) is 3. The SMILES string of the molecule is CCOc1cc(/C=N/NC(=O)c2cccc(OC)c2)ccc1OCC(=O)Nc1ccccc1Cl. The molecular weight excluding hydrogens is 458 g/mol. The predicted molar refractivity (Wildman–Crippen MR) is 131 cm³/mol. The summed E-state index contributed by atoms with van der Waals surface area (Å²) in [5.74, 6) is 0.685. The number of para-hydroxylation sites is 1. The minimum absolute atomic E-state index is 0.227. The number of hydrazone groups is 1. The second kappa shape index (κ2) is 12.3. The van der Waals surface area contributed by atoms with Gasteiger partial charge >= 0.3 is 0 Å². The Kier molecular flexibility index (Phi) is 8.88. The van der Waals surface area contributed by atoms with Gasteiger partial charge in [-0.3, -0.25) is 9.59 Å². The topological polar surface area (TPSA) is 98.2 Å². The van der Waals surface area contributed by atoms with Crippen LogP contribution in [-0.2, 0) is 4.79 Å². The van der Waals surface area contributed by atoms with Crippen LogP contribution in [0.25, 0.3) is 0 Å². The van der Waals surface area contributed by atoms with Crippen LogP contribution in [0.4, 0.5) is 5.69 Å². The lowest BCUT2D eigenvalue weighted by Crippen LogP contribution is -2.20. The first kappa shape index (κ1) is 24.6. The Morgan fingerprint density at radius 1 is 1.00 bits per heavy atom. The van der Waals surface area contributed by atoms with Gasteiger partial charge in [0.25, 0.3) is 11.8 Å². The van der Waals surface area contributed by atoms with Gasteiger partial charge in [-0.1, -0.05) is 29.8 Å². The first-order chi connectivity index (χ1) is 16.5. The average molecular weight is 482 g/mol. The number of rotatable bonds is 10. The first-order valence-electron chi connectivity index (χ1n) is 10.4. The van der Waals surface area contributed by atoms with Crippen molar-refractivity contribution in [1.82, 2.24) is 5.43 Å². The molecule has 0 saturated carbocycles. The fourth-order valence-electron chi connectivity index (χ4n) is 2.88. The van der Waals surface area contributed by atoms with Crippen LogP contribution >= 0.6 is 11.6 Å². The van der Waals surface area contributed by atoms with Crippen LogP contribution in [0.1, 0.15) is 22.8 Å². The van der Waals surface area contributed by atoms with E-state index in [2.05, 4.69) is 15.8 Å². The summed E-state index contributed by atoms with van der Waals surface area (Å²) in [5.41, 5.74) is 4.07. The second-order valence-corrected chi connectivity index (χ2v) is 7.29. The highest BCUT2D eigenvalue weighted by atomic mass is 35.5. The van der Waals surface area contributed by atoms with Crippen LogP contribution in [-0.4, -0.2) is 38.4 Å². The Balaban J connectivity index is 1.61. The summed E-state index contributed by atoms with van der Waals surface area (Å²) in [6.07, 6.45) is 1.48. The Morgan fingerprint density at radius 3 is 2.59 bits per heavy atom. The van der Waals surface area contributed by atoms with E-state index in [0.29, 0.717) is 45.7 Å². The van der Waals surface area contributed by atoms with Crippen LogP contribution in [0.3, 0.4) is 0 Å². The van der Waals surface area contributed by atoms with Gasteiger partial charge in [-0.05, 0) is 61.0 Å². The normalized spacial score (nSPS) is 10.6. The molecule has 2 N–H and O–H groups in total. The van der Waals surface area contributed by atoms with E-state index in [1.807, 2.05) is 6.92 Å². The van der Waals surface area contributed by atoms with Crippen molar-refractivity contribution in [2.45, 2.75) is 6.92 Å². The number of carbonyl (C=O) groups is 2. The average Bonchev–Trinajstić information content (AvgIpc) is 2.85. The van der Waals surface area contributed by atoms with Crippen LogP contribution in [0, 0.1) is 0 Å². The molecule has 3 aromatic carbocycles. The summed E-state index contributed by atoms with van der Waals surface area (Å²) in [4.78, 5) is 24.5. The number of benzene rings is 3. The Morgan fingerprint density at radius 2 is 1.82 bits per heavy atom. The largest absolute Gasteiger partial charge is 0.497 e. The van der Waals surface area contributed by atoms with Crippen molar-refractivity contribution in [1.29, 1.82) is 0 Å². The summed E-state index contributed by atoms with van der Waals surface area (Å²) in [7, 11) is 1.53. The number of nitrogens with zero attached hydrogens (tertiary/aromatic N) is 1. The smallest absolute Gasteiger partial charge is 0.271 e. The van der Waals surface area contributed by atoms with Crippen molar-refractivity contribution < 1.29 is 23.8 Å². The van der Waals surface area contributed by atoms with Gasteiger partial charge in [0.1, 0.15) is 5.75 Å². The van der Waals surface area contributed by atoms with Gasteiger partial charge in [0.15, 0.2) is 18.1 Å². The number of methoxy groups -OCH3 is 1. The van der Waals surface area contributed by atoms with Gasteiger partial charge in [-0.15, -0.1) is 0 Å². The van der Waals surface area contributed by atoms with E-state index in [0.717, 1.165) is 0 Å². The second-order valence-electron chi connectivity index (χ2n) is 6.89. The van der Waals surface area contributed by atoms with Crippen molar-refractivity contribution in [3.63, 3.8) is 0 Å². The molecule has 9 heteroatoms. The Hall–Kier alpha value is -4.04. The summed E-state index contributed by atoms with van der Waals surface area (Å²) >= 11 is 6.06. The molecule has 0 heterocycles. The van der Waals surface area contributed by atoms with E-state index in [-0.39, 0.29) is 18.4 Å². The molecule has 0 unspecified atom stereocenters. The molecule has 2 amide bonds. The lowest BCUT2D eigenvalue weighted by atomic mass is 10.2. The summed E-state index contributed by atoms with van der Waals surface area (Å²) < 4.78 is 16.4. The lowest BCUT2D eigenvalue weighted by Gasteiger charge is -2.13. The number of amides is 2. The highest BCUT2D eigenvalue weighted by Crippen LogP contribution is 2.28. The Bertz CT molecular complexity index is 1180. The maximum absolute atomic E-state index is 12.3. The summed E-state index contributed by atoms with van der Waals surface area (Å²) in [5, 5.41) is 7.13. The molecule has 0 aliphatic heterocycles. The highest BCUT2D eigenvalue weighted by molar-refractivity contribution is 6.33. The monoisotopic (exact) mass is 481 g/mol. The molecule has 0 aliphatic rings. The number of carbonyl (C=O) groups excluding carboxylic acids is 2. The summed E-state index contributed by atoms with van der Waals surface area (Å²) in [6.45, 7) is 2.01. The van der Waals surface area contributed by atoms with Gasteiger partial charge in [-0.2, -0.15) is 5.10 Å². The predicted octanol–water partition coefficient (Wildman–Crippen LogP) is 4.53. The molecule has 3 aromatic rings. The van der Waals surface area contributed by atoms with Crippen molar-refractivity contribution in [2.24, 2.45) is 5.10 Å². The molecular formula is C25H24ClN3O5. The van der Waals surface area contributed by atoms with E-state index >= 15 is 0 Å². The van der Waals surface area contributed by atoms with Crippen molar-refractivity contribution >= 4 is 35.3 Å². The van der Waals surface area contributed by atoms with E-state index < -0.39 is 0 Å². The fraction of sp³-hybridized carbons (Fsp3) is 0.160. The van der Waals surface area contributed by atoms with Crippen LogP contribution < -0.4 is 25.0 Å². The molecule has 0 spiro atoms. The van der Waals surface area contributed by atoms with Crippen molar-refractivity contribution in [3.8, 4) is 17.2 Å². The van der Waals surface area contributed by atoms with Gasteiger partial charge in [0.05, 0.1) is 30.6 Å². The molecule has 0 saturated heterocycles. The minimum Gasteiger partial charge on any atom is -0.497 e. The quantitative estimate of drug-likeness (QED) is 0.327. The molecule has 0 atom stereocenters. The van der Waals surface area contributed by atoms with Crippen LogP contribution in [0.5, 0.6) is 17.2 Å². The zero-order valence-corrected chi connectivity index (χ0v) is 19.5. The number of anilines is 1. The van der Waals surface area contributed by atoms with E-state index in [1.165, 1.54) is 13.3 Å². The molecule has 0 fully saturated rings. The third-order valence-electron chi connectivity index (χ3n) is 4.49. The standard InChI is InChI=1S/C25H24ClN3O5/c1-3-33-23-13-17(15-27-29-25(31)18-7-6-8-19(14-18)32-2)11-12-22(23)34-16-24(30)28-21-10-5-4-9-20(21)26/h4-15H,3,16H2,1-2H3,(H,28,30)(H,29,31)/b27-15+. The number of nitrogens with one attached hydrogen (secondary N) is 2. The summed E-state index contributed by atoms with van der Waals surface area (Å²) in [6, 6.07) is 18.8. The van der Waals surface area contributed by atoms with Gasteiger partial charge in [0.2, 0.25) is 0 Å². The highest BCUT2D eigenvalue weighted by Gasteiger charge is 2.11. The Labute approximate surface area is 202 Å². The maximum atomic E-state index is 12.3. The molecule has 0 aromatic heterocycles. The fourth-order valence-corrected chi connectivity index (χ4v) is 3.06. The number of halogens is 1. The molecule has 0 radical (unpaired) electrons. The minimum atomic E-state index is -0.371. The molecule has 3 rings (SSSR count). The van der Waals surface area contributed by atoms with Gasteiger partial charge < -0.3 is 19.5 Å². The zero-order chi connectivity index (χ0) is 24.3. The van der Waals surface area contributed by atoms with Gasteiger partial charge in [0, 0.05) is 5.56 Å². The zero-order valence-electron chi connectivity index (χ0n) is 18.7. The number of hydrogen-bond acceptors (Lipinski definition) is 6.